The summed E-state index contributed by atoms with van der Waals surface area (Å²) in [4.78, 5) is 31.8. The lowest BCUT2D eigenvalue weighted by Crippen LogP contribution is -2.26. The Bertz CT molecular complexity index is 958. The van der Waals surface area contributed by atoms with Gasteiger partial charge in [-0.2, -0.15) is 0 Å². The highest BCUT2D eigenvalue weighted by molar-refractivity contribution is 5.92. The number of carbonyl (C=O) groups excluding carboxylic acids is 2. The zero-order valence-electron chi connectivity index (χ0n) is 16.2. The molecule has 0 saturated heterocycles. The van der Waals surface area contributed by atoms with Gasteiger partial charge in [0.1, 0.15) is 5.69 Å². The van der Waals surface area contributed by atoms with Gasteiger partial charge < -0.3 is 16.0 Å². The Labute approximate surface area is 169 Å². The van der Waals surface area contributed by atoms with Crippen molar-refractivity contribution in [2.24, 2.45) is 0 Å². The van der Waals surface area contributed by atoms with E-state index in [1.807, 2.05) is 18.2 Å². The van der Waals surface area contributed by atoms with Crippen molar-refractivity contribution < 1.29 is 9.59 Å². The van der Waals surface area contributed by atoms with Crippen molar-refractivity contribution in [3.05, 3.63) is 78.1 Å². The van der Waals surface area contributed by atoms with Gasteiger partial charge in [-0.3, -0.25) is 9.59 Å². The molecule has 7 nitrogen and oxygen atoms in total. The Kier molecular flexibility index (Phi) is 6.89. The summed E-state index contributed by atoms with van der Waals surface area (Å²) in [5.41, 5.74) is 3.00. The van der Waals surface area contributed by atoms with Gasteiger partial charge in [0.25, 0.3) is 5.91 Å². The number of benzene rings is 2. The van der Waals surface area contributed by atoms with E-state index in [4.69, 9.17) is 0 Å². The standard InChI is InChI=1S/C22H23N5O2/c1-16(28)25-18-9-11-19(12-10-18)26-22-24-15-13-20(27-22)21(29)23-14-5-8-17-6-3-2-4-7-17/h2-4,6-7,9-13,15H,5,8,14H2,1H3,(H,23,29)(H,25,28)(H,24,26,27). The van der Waals surface area contributed by atoms with Crippen molar-refractivity contribution in [2.45, 2.75) is 19.8 Å². The van der Waals surface area contributed by atoms with Crippen molar-refractivity contribution >= 4 is 29.1 Å². The van der Waals surface area contributed by atoms with Gasteiger partial charge in [-0.1, -0.05) is 30.3 Å². The second-order valence-corrected chi connectivity index (χ2v) is 6.49. The molecule has 0 unspecified atom stereocenters. The number of hydrogen-bond acceptors (Lipinski definition) is 5. The van der Waals surface area contributed by atoms with E-state index >= 15 is 0 Å². The van der Waals surface area contributed by atoms with Crippen LogP contribution in [0.5, 0.6) is 0 Å². The molecule has 2 amide bonds. The maximum Gasteiger partial charge on any atom is 0.270 e. The van der Waals surface area contributed by atoms with Gasteiger partial charge in [-0.25, -0.2) is 9.97 Å². The van der Waals surface area contributed by atoms with Gasteiger partial charge in [-0.05, 0) is 48.7 Å². The van der Waals surface area contributed by atoms with Crippen LogP contribution in [0.4, 0.5) is 17.3 Å². The summed E-state index contributed by atoms with van der Waals surface area (Å²) in [6.45, 7) is 2.03. The van der Waals surface area contributed by atoms with Gasteiger partial charge in [0.15, 0.2) is 0 Å². The normalized spacial score (nSPS) is 10.2. The first-order chi connectivity index (χ1) is 14.1. The molecule has 1 heterocycles. The highest BCUT2D eigenvalue weighted by Gasteiger charge is 2.08. The summed E-state index contributed by atoms with van der Waals surface area (Å²) in [7, 11) is 0. The van der Waals surface area contributed by atoms with Gasteiger partial charge in [0.2, 0.25) is 11.9 Å². The summed E-state index contributed by atoms with van der Waals surface area (Å²) in [5, 5.41) is 8.65. The first kappa shape index (κ1) is 20.0. The lowest BCUT2D eigenvalue weighted by molar-refractivity contribution is -0.114. The summed E-state index contributed by atoms with van der Waals surface area (Å²) < 4.78 is 0. The summed E-state index contributed by atoms with van der Waals surface area (Å²) in [5.74, 6) is -0.0322. The SMILES string of the molecule is CC(=O)Nc1ccc(Nc2nccc(C(=O)NCCCc3ccccc3)n2)cc1. The minimum Gasteiger partial charge on any atom is -0.351 e. The van der Waals surface area contributed by atoms with Gasteiger partial charge >= 0.3 is 0 Å². The molecule has 0 aliphatic carbocycles. The van der Waals surface area contributed by atoms with E-state index in [-0.39, 0.29) is 11.8 Å². The fourth-order valence-corrected chi connectivity index (χ4v) is 2.74. The van der Waals surface area contributed by atoms with E-state index in [9.17, 15) is 9.59 Å². The molecule has 2 aromatic carbocycles. The first-order valence-electron chi connectivity index (χ1n) is 9.40. The third kappa shape index (κ3) is 6.42. The first-order valence-corrected chi connectivity index (χ1v) is 9.40. The van der Waals surface area contributed by atoms with Crippen molar-refractivity contribution in [2.75, 3.05) is 17.2 Å². The van der Waals surface area contributed by atoms with Crippen molar-refractivity contribution in [1.82, 2.24) is 15.3 Å². The predicted octanol–water partition coefficient (Wildman–Crippen LogP) is 3.54. The number of amides is 2. The molecule has 0 saturated carbocycles. The number of aromatic nitrogens is 2. The van der Waals surface area contributed by atoms with E-state index in [1.165, 1.54) is 12.5 Å². The zero-order chi connectivity index (χ0) is 20.5. The van der Waals surface area contributed by atoms with E-state index in [1.54, 1.807) is 36.5 Å². The van der Waals surface area contributed by atoms with Crippen LogP contribution in [0.2, 0.25) is 0 Å². The van der Waals surface area contributed by atoms with Crippen LogP contribution in [0.3, 0.4) is 0 Å². The molecule has 7 heteroatoms. The molecule has 0 bridgehead atoms. The smallest absolute Gasteiger partial charge is 0.270 e. The molecular formula is C22H23N5O2. The highest BCUT2D eigenvalue weighted by atomic mass is 16.2. The second kappa shape index (κ2) is 9.98. The average molecular weight is 389 g/mol. The molecular weight excluding hydrogens is 366 g/mol. The lowest BCUT2D eigenvalue weighted by atomic mass is 10.1. The zero-order valence-corrected chi connectivity index (χ0v) is 16.2. The summed E-state index contributed by atoms with van der Waals surface area (Å²) >= 11 is 0. The van der Waals surface area contributed by atoms with Crippen molar-refractivity contribution in [1.29, 1.82) is 0 Å². The van der Waals surface area contributed by atoms with Gasteiger partial charge in [0.05, 0.1) is 0 Å². The Balaban J connectivity index is 1.51. The molecule has 3 aromatic rings. The Morgan fingerprint density at radius 3 is 2.38 bits per heavy atom. The number of carbonyl (C=O) groups is 2. The Morgan fingerprint density at radius 1 is 0.931 bits per heavy atom. The maximum absolute atomic E-state index is 12.3. The van der Waals surface area contributed by atoms with Crippen LogP contribution in [0.1, 0.15) is 29.4 Å². The number of nitrogens with zero attached hydrogens (tertiary/aromatic N) is 2. The molecule has 0 fully saturated rings. The van der Waals surface area contributed by atoms with Crippen LogP contribution in [-0.4, -0.2) is 28.3 Å². The molecule has 148 valence electrons. The molecule has 0 aliphatic rings. The topological polar surface area (TPSA) is 96.0 Å². The summed E-state index contributed by atoms with van der Waals surface area (Å²) in [6, 6.07) is 18.9. The number of aryl methyl sites for hydroxylation is 1. The van der Waals surface area contributed by atoms with Crippen LogP contribution >= 0.6 is 0 Å². The Morgan fingerprint density at radius 2 is 1.66 bits per heavy atom. The average Bonchev–Trinajstić information content (AvgIpc) is 2.73. The molecule has 1 aromatic heterocycles. The van der Waals surface area contributed by atoms with E-state index in [0.29, 0.717) is 23.9 Å². The fraction of sp³-hybridized carbons (Fsp3) is 0.182. The van der Waals surface area contributed by atoms with Crippen LogP contribution in [0.15, 0.2) is 66.9 Å². The number of hydrogen-bond donors (Lipinski definition) is 3. The van der Waals surface area contributed by atoms with Gasteiger partial charge in [0, 0.05) is 31.0 Å². The van der Waals surface area contributed by atoms with E-state index in [0.717, 1.165) is 18.5 Å². The third-order valence-electron chi connectivity index (χ3n) is 4.12. The fourth-order valence-electron chi connectivity index (χ4n) is 2.74. The quantitative estimate of drug-likeness (QED) is 0.512. The van der Waals surface area contributed by atoms with Crippen LogP contribution < -0.4 is 16.0 Å². The summed E-state index contributed by atoms with van der Waals surface area (Å²) in [6.07, 6.45) is 3.30. The minimum atomic E-state index is -0.232. The minimum absolute atomic E-state index is 0.128. The molecule has 0 atom stereocenters. The van der Waals surface area contributed by atoms with Crippen molar-refractivity contribution in [3.63, 3.8) is 0 Å². The lowest BCUT2D eigenvalue weighted by Gasteiger charge is -2.08. The van der Waals surface area contributed by atoms with Crippen molar-refractivity contribution in [3.8, 4) is 0 Å². The molecule has 3 rings (SSSR count). The van der Waals surface area contributed by atoms with Crippen LogP contribution in [0.25, 0.3) is 0 Å². The molecule has 0 aliphatic heterocycles. The highest BCUT2D eigenvalue weighted by Crippen LogP contribution is 2.16. The number of anilines is 3. The van der Waals surface area contributed by atoms with Crippen LogP contribution in [-0.2, 0) is 11.2 Å². The van der Waals surface area contributed by atoms with E-state index < -0.39 is 0 Å². The maximum atomic E-state index is 12.3. The second-order valence-electron chi connectivity index (χ2n) is 6.49. The molecule has 3 N–H and O–H groups in total. The third-order valence-corrected chi connectivity index (χ3v) is 4.12. The Hall–Kier alpha value is -3.74. The largest absolute Gasteiger partial charge is 0.351 e. The number of nitrogens with one attached hydrogen (secondary N) is 3. The molecule has 0 radical (unpaired) electrons. The van der Waals surface area contributed by atoms with E-state index in [2.05, 4.69) is 38.1 Å². The van der Waals surface area contributed by atoms with Gasteiger partial charge in [-0.15, -0.1) is 0 Å². The predicted molar refractivity (Wildman–Crippen MR) is 113 cm³/mol. The van der Waals surface area contributed by atoms with Crippen LogP contribution in [0, 0.1) is 0 Å². The monoisotopic (exact) mass is 389 g/mol. The molecule has 29 heavy (non-hydrogen) atoms. The number of rotatable bonds is 8. The molecule has 0 spiro atoms.